The molecule has 4 heteroatoms. The van der Waals surface area contributed by atoms with Gasteiger partial charge in [0, 0.05) is 37.9 Å². The molecule has 1 aromatic carbocycles. The molecule has 0 amide bonds. The minimum Gasteiger partial charge on any atom is -0.369 e. The SMILES string of the molecule is CC(N)Cc1cc(F)ccc1N1CCN(C)CC1. The first kappa shape index (κ1) is 13.3. The first-order valence-electron chi connectivity index (χ1n) is 6.54. The van der Waals surface area contributed by atoms with E-state index in [2.05, 4.69) is 16.8 Å². The lowest BCUT2D eigenvalue weighted by Gasteiger charge is -2.35. The predicted molar refractivity (Wildman–Crippen MR) is 73.5 cm³/mol. The van der Waals surface area contributed by atoms with Gasteiger partial charge in [-0.3, -0.25) is 0 Å². The van der Waals surface area contributed by atoms with Crippen LogP contribution in [-0.2, 0) is 6.42 Å². The Bertz CT molecular complexity index is 398. The van der Waals surface area contributed by atoms with Crippen molar-refractivity contribution >= 4 is 5.69 Å². The Morgan fingerprint density at radius 3 is 2.56 bits per heavy atom. The van der Waals surface area contributed by atoms with E-state index in [1.54, 1.807) is 12.1 Å². The third kappa shape index (κ3) is 3.21. The summed E-state index contributed by atoms with van der Waals surface area (Å²) in [5.74, 6) is -0.177. The number of halogens is 1. The molecule has 1 saturated heterocycles. The van der Waals surface area contributed by atoms with Crippen molar-refractivity contribution in [3.05, 3.63) is 29.6 Å². The molecule has 18 heavy (non-hydrogen) atoms. The summed E-state index contributed by atoms with van der Waals surface area (Å²) in [7, 11) is 2.13. The van der Waals surface area contributed by atoms with Crippen molar-refractivity contribution in [2.24, 2.45) is 5.73 Å². The maximum absolute atomic E-state index is 13.4. The zero-order valence-corrected chi connectivity index (χ0v) is 11.2. The van der Waals surface area contributed by atoms with E-state index in [0.29, 0.717) is 0 Å². The molecule has 2 rings (SSSR count). The first-order valence-corrected chi connectivity index (χ1v) is 6.54. The fraction of sp³-hybridized carbons (Fsp3) is 0.571. The van der Waals surface area contributed by atoms with Gasteiger partial charge in [0.2, 0.25) is 0 Å². The maximum Gasteiger partial charge on any atom is 0.123 e. The summed E-state index contributed by atoms with van der Waals surface area (Å²) in [6.45, 7) is 6.05. The third-order valence-electron chi connectivity index (χ3n) is 3.43. The second kappa shape index (κ2) is 5.67. The average molecular weight is 251 g/mol. The zero-order chi connectivity index (χ0) is 13.1. The molecular formula is C14H22FN3. The van der Waals surface area contributed by atoms with Crippen LogP contribution in [0.1, 0.15) is 12.5 Å². The molecule has 1 unspecified atom stereocenters. The van der Waals surface area contributed by atoms with Crippen LogP contribution in [0.4, 0.5) is 10.1 Å². The summed E-state index contributed by atoms with van der Waals surface area (Å²) in [4.78, 5) is 4.64. The normalized spacial score (nSPS) is 19.0. The van der Waals surface area contributed by atoms with Gasteiger partial charge in [0.15, 0.2) is 0 Å². The monoisotopic (exact) mass is 251 g/mol. The molecule has 0 aromatic heterocycles. The van der Waals surface area contributed by atoms with Crippen LogP contribution in [0.3, 0.4) is 0 Å². The minimum atomic E-state index is -0.177. The molecule has 1 fully saturated rings. The van der Waals surface area contributed by atoms with Crippen LogP contribution in [0.2, 0.25) is 0 Å². The molecule has 0 saturated carbocycles. The van der Waals surface area contributed by atoms with Crippen LogP contribution in [-0.4, -0.2) is 44.2 Å². The van der Waals surface area contributed by atoms with Gasteiger partial charge in [-0.05, 0) is 44.2 Å². The smallest absolute Gasteiger partial charge is 0.123 e. The van der Waals surface area contributed by atoms with Gasteiger partial charge in [0.1, 0.15) is 5.82 Å². The number of hydrogen-bond acceptors (Lipinski definition) is 3. The third-order valence-corrected chi connectivity index (χ3v) is 3.43. The van der Waals surface area contributed by atoms with E-state index in [1.807, 2.05) is 13.0 Å². The molecule has 0 spiro atoms. The quantitative estimate of drug-likeness (QED) is 0.883. The van der Waals surface area contributed by atoms with Gasteiger partial charge >= 0.3 is 0 Å². The Balaban J connectivity index is 2.20. The fourth-order valence-corrected chi connectivity index (χ4v) is 2.42. The summed E-state index contributed by atoms with van der Waals surface area (Å²) >= 11 is 0. The second-order valence-corrected chi connectivity index (χ2v) is 5.24. The highest BCUT2D eigenvalue weighted by atomic mass is 19.1. The Labute approximate surface area is 108 Å². The predicted octanol–water partition coefficient (Wildman–Crippen LogP) is 1.47. The molecule has 1 aliphatic heterocycles. The van der Waals surface area contributed by atoms with Crippen molar-refractivity contribution in [2.45, 2.75) is 19.4 Å². The number of likely N-dealkylation sites (N-methyl/N-ethyl adjacent to an activating group) is 1. The van der Waals surface area contributed by atoms with Gasteiger partial charge in [0.25, 0.3) is 0 Å². The molecule has 0 radical (unpaired) electrons. The van der Waals surface area contributed by atoms with Gasteiger partial charge in [-0.15, -0.1) is 0 Å². The van der Waals surface area contributed by atoms with E-state index in [-0.39, 0.29) is 11.9 Å². The summed E-state index contributed by atoms with van der Waals surface area (Å²) in [5.41, 5.74) is 8.01. The van der Waals surface area contributed by atoms with E-state index in [1.165, 1.54) is 0 Å². The molecule has 3 nitrogen and oxygen atoms in total. The topological polar surface area (TPSA) is 32.5 Å². The maximum atomic E-state index is 13.4. The Morgan fingerprint density at radius 1 is 1.28 bits per heavy atom. The molecule has 0 bridgehead atoms. The van der Waals surface area contributed by atoms with E-state index in [9.17, 15) is 4.39 Å². The van der Waals surface area contributed by atoms with Gasteiger partial charge in [0.05, 0.1) is 0 Å². The van der Waals surface area contributed by atoms with Crippen LogP contribution in [0.25, 0.3) is 0 Å². The van der Waals surface area contributed by atoms with E-state index in [4.69, 9.17) is 5.73 Å². The minimum absolute atomic E-state index is 0.0537. The Hall–Kier alpha value is -1.13. The lowest BCUT2D eigenvalue weighted by atomic mass is 10.0. The van der Waals surface area contributed by atoms with E-state index < -0.39 is 0 Å². The van der Waals surface area contributed by atoms with Crippen LogP contribution in [0.5, 0.6) is 0 Å². The standard InChI is InChI=1S/C14H22FN3/c1-11(16)9-12-10-13(15)3-4-14(12)18-7-5-17(2)6-8-18/h3-4,10-11H,5-9,16H2,1-2H3. The number of benzene rings is 1. The highest BCUT2D eigenvalue weighted by Gasteiger charge is 2.17. The van der Waals surface area contributed by atoms with Gasteiger partial charge in [-0.25, -0.2) is 4.39 Å². The summed E-state index contributed by atoms with van der Waals surface area (Å²) < 4.78 is 13.4. The molecular weight excluding hydrogens is 229 g/mol. The Morgan fingerprint density at radius 2 is 1.94 bits per heavy atom. The van der Waals surface area contributed by atoms with Crippen LogP contribution in [0.15, 0.2) is 18.2 Å². The van der Waals surface area contributed by atoms with Crippen molar-refractivity contribution in [3.8, 4) is 0 Å². The van der Waals surface area contributed by atoms with Gasteiger partial charge < -0.3 is 15.5 Å². The van der Waals surface area contributed by atoms with Crippen LogP contribution >= 0.6 is 0 Å². The number of rotatable bonds is 3. The number of anilines is 1. The molecule has 2 N–H and O–H groups in total. The number of nitrogens with two attached hydrogens (primary N) is 1. The van der Waals surface area contributed by atoms with Crippen molar-refractivity contribution < 1.29 is 4.39 Å². The van der Waals surface area contributed by atoms with Crippen LogP contribution < -0.4 is 10.6 Å². The lowest BCUT2D eigenvalue weighted by molar-refractivity contribution is 0.312. The number of nitrogens with zero attached hydrogens (tertiary/aromatic N) is 2. The Kier molecular flexibility index (Phi) is 4.19. The highest BCUT2D eigenvalue weighted by molar-refractivity contribution is 5.54. The molecule has 1 aromatic rings. The average Bonchev–Trinajstić information content (AvgIpc) is 2.30. The van der Waals surface area contributed by atoms with Crippen molar-refractivity contribution in [1.82, 2.24) is 4.90 Å². The molecule has 1 atom stereocenters. The van der Waals surface area contributed by atoms with Crippen molar-refractivity contribution in [2.75, 3.05) is 38.1 Å². The van der Waals surface area contributed by atoms with Crippen molar-refractivity contribution in [1.29, 1.82) is 0 Å². The first-order chi connectivity index (χ1) is 8.56. The summed E-state index contributed by atoms with van der Waals surface area (Å²) in [6, 6.07) is 5.10. The second-order valence-electron chi connectivity index (χ2n) is 5.24. The molecule has 1 aliphatic rings. The lowest BCUT2D eigenvalue weighted by Crippen LogP contribution is -2.45. The van der Waals surface area contributed by atoms with Gasteiger partial charge in [-0.1, -0.05) is 0 Å². The summed E-state index contributed by atoms with van der Waals surface area (Å²) in [6.07, 6.45) is 0.722. The van der Waals surface area contributed by atoms with Crippen molar-refractivity contribution in [3.63, 3.8) is 0 Å². The molecule has 100 valence electrons. The molecule has 0 aliphatic carbocycles. The van der Waals surface area contributed by atoms with Gasteiger partial charge in [-0.2, -0.15) is 0 Å². The number of piperazine rings is 1. The van der Waals surface area contributed by atoms with Crippen LogP contribution in [0, 0.1) is 5.82 Å². The zero-order valence-electron chi connectivity index (χ0n) is 11.2. The van der Waals surface area contributed by atoms with E-state index >= 15 is 0 Å². The fourth-order valence-electron chi connectivity index (χ4n) is 2.42. The largest absolute Gasteiger partial charge is 0.369 e. The van der Waals surface area contributed by atoms with E-state index in [0.717, 1.165) is 43.9 Å². The summed E-state index contributed by atoms with van der Waals surface area (Å²) in [5, 5.41) is 0. The number of hydrogen-bond donors (Lipinski definition) is 1. The molecule has 1 heterocycles. The highest BCUT2D eigenvalue weighted by Crippen LogP contribution is 2.24.